The summed E-state index contributed by atoms with van der Waals surface area (Å²) in [5.74, 6) is 0.718. The third-order valence-electron chi connectivity index (χ3n) is 2.76. The van der Waals surface area contributed by atoms with Gasteiger partial charge in [-0.2, -0.15) is 0 Å². The average Bonchev–Trinajstić information content (AvgIpc) is 3.13. The molecule has 7 heteroatoms. The Balaban J connectivity index is 1.77. The van der Waals surface area contributed by atoms with Crippen LogP contribution in [0.1, 0.15) is 35.0 Å². The Morgan fingerprint density at radius 1 is 1.42 bits per heavy atom. The van der Waals surface area contributed by atoms with Crippen LogP contribution in [0.3, 0.4) is 0 Å². The van der Waals surface area contributed by atoms with Gasteiger partial charge in [0.1, 0.15) is 0 Å². The minimum absolute atomic E-state index is 0.151. The molecule has 2 aromatic rings. The lowest BCUT2D eigenvalue weighted by molar-refractivity contribution is 0.102. The van der Waals surface area contributed by atoms with Crippen LogP contribution in [0.25, 0.3) is 0 Å². The van der Waals surface area contributed by atoms with Gasteiger partial charge in [0.25, 0.3) is 5.91 Å². The molecule has 3 rings (SSSR count). The highest BCUT2D eigenvalue weighted by atomic mass is 127. The molecule has 1 saturated carbocycles. The molecule has 1 heterocycles. The van der Waals surface area contributed by atoms with Gasteiger partial charge >= 0.3 is 6.01 Å². The van der Waals surface area contributed by atoms with Crippen LogP contribution < -0.4 is 5.32 Å². The van der Waals surface area contributed by atoms with Gasteiger partial charge in [-0.05, 0) is 69.6 Å². The maximum Gasteiger partial charge on any atom is 0.322 e. The summed E-state index contributed by atoms with van der Waals surface area (Å²) in [6.07, 6.45) is 2.16. The van der Waals surface area contributed by atoms with E-state index in [4.69, 9.17) is 4.42 Å². The van der Waals surface area contributed by atoms with Crippen molar-refractivity contribution in [2.24, 2.45) is 0 Å². The topological polar surface area (TPSA) is 68.0 Å². The monoisotopic (exact) mass is 433 g/mol. The smallest absolute Gasteiger partial charge is 0.322 e. The first kappa shape index (κ1) is 13.0. The minimum atomic E-state index is -0.267. The summed E-state index contributed by atoms with van der Waals surface area (Å²) in [6.45, 7) is 0. The van der Waals surface area contributed by atoms with E-state index in [1.54, 1.807) is 6.07 Å². The third kappa shape index (κ3) is 2.97. The maximum atomic E-state index is 12.1. The third-order valence-corrected chi connectivity index (χ3v) is 4.12. The second kappa shape index (κ2) is 5.20. The summed E-state index contributed by atoms with van der Waals surface area (Å²) >= 11 is 5.51. The van der Waals surface area contributed by atoms with Crippen molar-refractivity contribution >= 4 is 50.4 Å². The summed E-state index contributed by atoms with van der Waals surface area (Å²) in [7, 11) is 0. The van der Waals surface area contributed by atoms with E-state index >= 15 is 0 Å². The fourth-order valence-electron chi connectivity index (χ4n) is 1.62. The number of carbonyl (C=O) groups excluding carboxylic acids is 1. The van der Waals surface area contributed by atoms with Crippen molar-refractivity contribution in [3.8, 4) is 0 Å². The van der Waals surface area contributed by atoms with Crippen molar-refractivity contribution in [2.75, 3.05) is 5.32 Å². The minimum Gasteiger partial charge on any atom is -0.408 e. The highest BCUT2D eigenvalue weighted by Crippen LogP contribution is 2.39. The van der Waals surface area contributed by atoms with E-state index in [9.17, 15) is 4.79 Å². The predicted octanol–water partition coefficient (Wildman–Crippen LogP) is 3.57. The van der Waals surface area contributed by atoms with E-state index in [0.717, 1.165) is 20.9 Å². The van der Waals surface area contributed by atoms with E-state index in [-0.39, 0.29) is 11.9 Å². The lowest BCUT2D eigenvalue weighted by atomic mass is 10.2. The number of aromatic nitrogens is 2. The van der Waals surface area contributed by atoms with Crippen LogP contribution in [-0.4, -0.2) is 16.1 Å². The van der Waals surface area contributed by atoms with E-state index in [1.807, 2.05) is 12.1 Å². The van der Waals surface area contributed by atoms with E-state index < -0.39 is 0 Å². The molecule has 0 unspecified atom stereocenters. The normalized spacial score (nSPS) is 14.4. The van der Waals surface area contributed by atoms with Gasteiger partial charge in [0.15, 0.2) is 0 Å². The summed E-state index contributed by atoms with van der Waals surface area (Å²) in [5.41, 5.74) is 0.540. The number of rotatable bonds is 3. The molecule has 1 N–H and O–H groups in total. The van der Waals surface area contributed by atoms with Crippen molar-refractivity contribution in [1.82, 2.24) is 10.2 Å². The van der Waals surface area contributed by atoms with Gasteiger partial charge < -0.3 is 4.42 Å². The first-order valence-electron chi connectivity index (χ1n) is 5.73. The number of hydrogen-bond acceptors (Lipinski definition) is 4. The molecular weight excluding hydrogens is 425 g/mol. The van der Waals surface area contributed by atoms with E-state index in [0.29, 0.717) is 17.4 Å². The molecule has 0 aliphatic heterocycles. The van der Waals surface area contributed by atoms with Crippen molar-refractivity contribution in [2.45, 2.75) is 18.8 Å². The van der Waals surface area contributed by atoms with Crippen molar-refractivity contribution in [1.29, 1.82) is 0 Å². The van der Waals surface area contributed by atoms with Crippen LogP contribution in [-0.2, 0) is 0 Å². The summed E-state index contributed by atoms with van der Waals surface area (Å²) in [5, 5.41) is 10.4. The number of benzene rings is 1. The van der Waals surface area contributed by atoms with Gasteiger partial charge in [-0.3, -0.25) is 10.1 Å². The van der Waals surface area contributed by atoms with Crippen LogP contribution in [0.15, 0.2) is 27.1 Å². The van der Waals surface area contributed by atoms with Crippen molar-refractivity contribution < 1.29 is 9.21 Å². The zero-order valence-electron chi connectivity index (χ0n) is 9.69. The number of halogens is 2. The van der Waals surface area contributed by atoms with Crippen LogP contribution in [0.5, 0.6) is 0 Å². The zero-order valence-corrected chi connectivity index (χ0v) is 13.4. The fraction of sp³-hybridized carbons (Fsp3) is 0.250. The van der Waals surface area contributed by atoms with E-state index in [1.165, 1.54) is 0 Å². The molecule has 1 aliphatic rings. The Kier molecular flexibility index (Phi) is 3.57. The maximum absolute atomic E-state index is 12.1. The largest absolute Gasteiger partial charge is 0.408 e. The first-order chi connectivity index (χ1) is 9.13. The molecule has 0 bridgehead atoms. The molecule has 1 aromatic carbocycles. The molecule has 1 amide bonds. The van der Waals surface area contributed by atoms with Crippen molar-refractivity contribution in [3.05, 3.63) is 37.7 Å². The Labute approximate surface area is 131 Å². The van der Waals surface area contributed by atoms with Gasteiger partial charge in [-0.25, -0.2) is 0 Å². The average molecular weight is 434 g/mol. The van der Waals surface area contributed by atoms with E-state index in [2.05, 4.69) is 54.0 Å². The second-order valence-electron chi connectivity index (χ2n) is 4.30. The highest BCUT2D eigenvalue weighted by molar-refractivity contribution is 14.1. The molecule has 1 aromatic heterocycles. The Morgan fingerprint density at radius 2 is 2.21 bits per heavy atom. The lowest BCUT2D eigenvalue weighted by Gasteiger charge is -2.03. The van der Waals surface area contributed by atoms with Gasteiger partial charge in [0.05, 0.1) is 5.56 Å². The van der Waals surface area contributed by atoms with Gasteiger partial charge in [0.2, 0.25) is 5.89 Å². The summed E-state index contributed by atoms with van der Waals surface area (Å²) in [6, 6.07) is 5.69. The molecule has 1 fully saturated rings. The molecule has 0 radical (unpaired) electrons. The number of nitrogens with one attached hydrogen (secondary N) is 1. The standard InChI is InChI=1S/C12H9BrIN3O2/c13-9-4-3-7(14)5-8(9)10(18)15-12-17-16-11(19-12)6-1-2-6/h3-6H,1-2H2,(H,15,17,18). The Bertz CT molecular complexity index is 640. The molecule has 0 atom stereocenters. The predicted molar refractivity (Wildman–Crippen MR) is 81.1 cm³/mol. The molecule has 98 valence electrons. The van der Waals surface area contributed by atoms with Crippen LogP contribution >= 0.6 is 38.5 Å². The Hall–Kier alpha value is -0.960. The van der Waals surface area contributed by atoms with Gasteiger partial charge in [-0.15, -0.1) is 5.10 Å². The number of carbonyl (C=O) groups is 1. The molecular formula is C12H9BrIN3O2. The fourth-order valence-corrected chi connectivity index (χ4v) is 2.53. The van der Waals surface area contributed by atoms with Crippen LogP contribution in [0.2, 0.25) is 0 Å². The quantitative estimate of drug-likeness (QED) is 0.751. The summed E-state index contributed by atoms with van der Waals surface area (Å²) in [4.78, 5) is 12.1. The molecule has 0 spiro atoms. The number of anilines is 1. The summed E-state index contributed by atoms with van der Waals surface area (Å²) < 4.78 is 7.11. The van der Waals surface area contributed by atoms with Gasteiger partial charge in [0, 0.05) is 14.0 Å². The first-order valence-corrected chi connectivity index (χ1v) is 7.60. The molecule has 5 nitrogen and oxygen atoms in total. The molecule has 19 heavy (non-hydrogen) atoms. The van der Waals surface area contributed by atoms with Crippen LogP contribution in [0.4, 0.5) is 6.01 Å². The van der Waals surface area contributed by atoms with Crippen molar-refractivity contribution in [3.63, 3.8) is 0 Å². The van der Waals surface area contributed by atoms with Crippen LogP contribution in [0, 0.1) is 3.57 Å². The number of hydrogen-bond donors (Lipinski definition) is 1. The number of nitrogens with zero attached hydrogens (tertiary/aromatic N) is 2. The zero-order chi connectivity index (χ0) is 13.4. The SMILES string of the molecule is O=C(Nc1nnc(C2CC2)o1)c1cc(I)ccc1Br. The second-order valence-corrected chi connectivity index (χ2v) is 6.40. The highest BCUT2D eigenvalue weighted by Gasteiger charge is 2.29. The van der Waals surface area contributed by atoms with Gasteiger partial charge in [-0.1, -0.05) is 5.10 Å². The lowest BCUT2D eigenvalue weighted by Crippen LogP contribution is -2.13. The Morgan fingerprint density at radius 3 is 2.95 bits per heavy atom. The molecule has 0 saturated heterocycles. The molecule has 1 aliphatic carbocycles. The number of amides is 1.